The van der Waals surface area contributed by atoms with Crippen LogP contribution < -0.4 is 10.4 Å². The van der Waals surface area contributed by atoms with Crippen molar-refractivity contribution in [2.24, 2.45) is 0 Å². The first-order chi connectivity index (χ1) is 23.8. The maximum Gasteiger partial charge on any atom is 0.328 e. The van der Waals surface area contributed by atoms with E-state index >= 15 is 0 Å². The monoisotopic (exact) mass is 782 g/mol. The highest BCUT2D eigenvalue weighted by Gasteiger charge is 2.55. The normalized spacial score (nSPS) is 21.8. The van der Waals surface area contributed by atoms with Gasteiger partial charge in [0.2, 0.25) is 0 Å². The second kappa shape index (κ2) is 14.2. The van der Waals surface area contributed by atoms with Crippen LogP contribution >= 0.6 is 12.2 Å². The average Bonchev–Trinajstić information content (AvgIpc) is 3.32. The molecule has 4 atom stereocenters. The minimum atomic E-state index is -2.44. The second-order valence-electron chi connectivity index (χ2n) is 19.2. The number of ether oxygens (including phenoxy) is 2. The first-order valence-corrected chi connectivity index (χ1v) is 27.8. The molecular weight excluding hydrogens is 721 g/mol. The first kappa shape index (κ1) is 41.0. The molecule has 286 valence electrons. The van der Waals surface area contributed by atoms with E-state index in [1.807, 2.05) is 42.6 Å². The topological polar surface area (TPSA) is 83.9 Å². The van der Waals surface area contributed by atoms with Crippen LogP contribution in [0.3, 0.4) is 0 Å². The summed E-state index contributed by atoms with van der Waals surface area (Å²) in [5.41, 5.74) is 2.39. The number of hydrogen-bond donors (Lipinski definition) is 1. The molecule has 1 aromatic heterocycles. The summed E-state index contributed by atoms with van der Waals surface area (Å²) in [7, 11) is -6.98. The largest absolute Gasteiger partial charge is 0.457 e. The summed E-state index contributed by atoms with van der Waals surface area (Å²) in [5.74, 6) is 1.26. The van der Waals surface area contributed by atoms with Crippen LogP contribution in [0.4, 0.5) is 0 Å². The molecule has 0 aliphatic carbocycles. The van der Waals surface area contributed by atoms with Crippen LogP contribution in [-0.2, 0) is 18.0 Å². The Balaban J connectivity index is 1.70. The molecule has 1 fully saturated rings. The maximum atomic E-state index is 14.2. The van der Waals surface area contributed by atoms with Crippen molar-refractivity contribution >= 4 is 37.2 Å². The Hall–Kier alpha value is -2.17. The Morgan fingerprint density at radius 3 is 1.65 bits per heavy atom. The van der Waals surface area contributed by atoms with Crippen LogP contribution in [0.15, 0.2) is 59.5 Å². The zero-order valence-corrected chi connectivity index (χ0v) is 37.9. The molecule has 1 saturated heterocycles. The fourth-order valence-corrected chi connectivity index (χ4v) is 9.89. The molecule has 8 nitrogen and oxygen atoms in total. The van der Waals surface area contributed by atoms with Gasteiger partial charge in [-0.1, -0.05) is 111 Å². The van der Waals surface area contributed by atoms with Crippen molar-refractivity contribution in [3.63, 3.8) is 0 Å². The van der Waals surface area contributed by atoms with Crippen LogP contribution in [0, 0.1) is 4.64 Å². The van der Waals surface area contributed by atoms with Crippen molar-refractivity contribution in [1.82, 2.24) is 9.55 Å². The van der Waals surface area contributed by atoms with Gasteiger partial charge in [0.05, 0.1) is 6.61 Å². The molecule has 3 aromatic rings. The minimum Gasteiger partial charge on any atom is -0.457 e. The molecule has 2 aliphatic rings. The minimum absolute atomic E-state index is 0.00815. The summed E-state index contributed by atoms with van der Waals surface area (Å²) in [6.07, 6.45) is -0.413. The van der Waals surface area contributed by atoms with Gasteiger partial charge in [-0.15, -0.1) is 0 Å². The molecule has 0 radical (unpaired) electrons. The molecule has 1 N–H and O–H groups in total. The molecule has 5 rings (SSSR count). The molecular formula is C40H62N2O6SSi3. The molecule has 2 aromatic carbocycles. The van der Waals surface area contributed by atoms with Gasteiger partial charge in [-0.2, -0.15) is 0 Å². The van der Waals surface area contributed by atoms with Crippen LogP contribution in [0.5, 0.6) is 11.5 Å². The highest BCUT2D eigenvalue weighted by molar-refractivity contribution is 7.71. The Bertz CT molecular complexity index is 1840. The molecule has 0 spiro atoms. The van der Waals surface area contributed by atoms with Crippen LogP contribution in [0.1, 0.15) is 91.1 Å². The summed E-state index contributed by atoms with van der Waals surface area (Å²) in [6.45, 7) is 34.0. The SMILES string of the molecule is CC(C)(C)[Si](C)(C)OC[C@H]1O[C@@H](n2cc(C3c4ccccc4Oc4ccccc43)c(=S)[nH]c2=O)[C@H](O[Si](C)(C)C(C)(C)C)[C@@H]1O[Si](C)(C)C(C)(C)C. The van der Waals surface area contributed by atoms with Crippen molar-refractivity contribution < 1.29 is 22.8 Å². The van der Waals surface area contributed by atoms with Gasteiger partial charge in [-0.3, -0.25) is 9.55 Å². The number of H-pyrrole nitrogens is 1. The second-order valence-corrected chi connectivity index (χ2v) is 33.9. The third-order valence-electron chi connectivity index (χ3n) is 12.4. The number of para-hydroxylation sites is 2. The summed E-state index contributed by atoms with van der Waals surface area (Å²) in [6, 6.07) is 16.0. The fraction of sp³-hybridized carbons (Fsp3) is 0.600. The number of hydrogen-bond acceptors (Lipinski definition) is 7. The molecule has 0 saturated carbocycles. The lowest BCUT2D eigenvalue weighted by molar-refractivity contribution is -0.0511. The number of fused-ring (bicyclic) bond motifs is 2. The zero-order valence-electron chi connectivity index (χ0n) is 34.1. The van der Waals surface area contributed by atoms with Gasteiger partial charge in [0.15, 0.2) is 31.2 Å². The summed E-state index contributed by atoms with van der Waals surface area (Å²) in [5, 5.41) is -0.158. The summed E-state index contributed by atoms with van der Waals surface area (Å²) < 4.78 is 37.0. The molecule has 0 bridgehead atoms. The van der Waals surface area contributed by atoms with Gasteiger partial charge >= 0.3 is 5.69 Å². The van der Waals surface area contributed by atoms with Crippen molar-refractivity contribution in [3.8, 4) is 11.5 Å². The average molecular weight is 783 g/mol. The highest BCUT2D eigenvalue weighted by atomic mass is 32.1. The van der Waals surface area contributed by atoms with E-state index in [1.54, 1.807) is 4.57 Å². The van der Waals surface area contributed by atoms with Crippen molar-refractivity contribution in [3.05, 3.63) is 86.5 Å². The lowest BCUT2D eigenvalue weighted by atomic mass is 9.84. The lowest BCUT2D eigenvalue weighted by Crippen LogP contribution is -2.54. The van der Waals surface area contributed by atoms with Crippen LogP contribution in [0.25, 0.3) is 0 Å². The number of rotatable bonds is 9. The third-order valence-corrected chi connectivity index (χ3v) is 26.2. The first-order valence-electron chi connectivity index (χ1n) is 18.6. The quantitative estimate of drug-likeness (QED) is 0.134. The Labute approximate surface area is 320 Å². The molecule has 3 heterocycles. The van der Waals surface area contributed by atoms with Crippen molar-refractivity contribution in [2.75, 3.05) is 6.61 Å². The molecule has 2 aliphatic heterocycles. The van der Waals surface area contributed by atoms with E-state index < -0.39 is 49.5 Å². The Morgan fingerprint density at radius 2 is 1.17 bits per heavy atom. The number of benzene rings is 2. The molecule has 0 amide bonds. The van der Waals surface area contributed by atoms with E-state index in [-0.39, 0.29) is 26.7 Å². The number of nitrogens with one attached hydrogen (secondary N) is 1. The third kappa shape index (κ3) is 7.96. The summed E-state index contributed by atoms with van der Waals surface area (Å²) in [4.78, 5) is 17.2. The van der Waals surface area contributed by atoms with Crippen LogP contribution in [-0.4, -0.2) is 59.4 Å². The molecule has 12 heteroatoms. The standard InChI is InChI=1S/C40H62N2O6SSi3/c1-38(2,3)50(10,11)44-25-31-33(47-51(12,13)39(4,5)6)34(48-52(14,15)40(7,8)9)36(46-31)42-24-28(35(49)41-37(42)43)32-26-20-16-18-22-29(26)45-30-23-19-17-21-27(30)32/h16-24,31-34,36H,25H2,1-15H3,(H,41,43,49)/t31-,33-,34-,36-/m1/s1. The van der Waals surface area contributed by atoms with Gasteiger partial charge in [0.1, 0.15) is 34.5 Å². The maximum absolute atomic E-state index is 14.2. The summed E-state index contributed by atoms with van der Waals surface area (Å²) >= 11 is 5.95. The number of nitrogens with zero attached hydrogens (tertiary/aromatic N) is 1. The van der Waals surface area contributed by atoms with E-state index in [2.05, 4.69) is 119 Å². The van der Waals surface area contributed by atoms with Gasteiger partial charge in [-0.25, -0.2) is 4.79 Å². The van der Waals surface area contributed by atoms with Gasteiger partial charge in [-0.05, 0) is 66.5 Å². The molecule has 0 unspecified atom stereocenters. The Morgan fingerprint density at radius 1 is 0.712 bits per heavy atom. The smallest absolute Gasteiger partial charge is 0.328 e. The number of aromatic amines is 1. The fourth-order valence-electron chi connectivity index (χ4n) is 6.02. The predicted octanol–water partition coefficient (Wildman–Crippen LogP) is 10.9. The van der Waals surface area contributed by atoms with Gasteiger partial charge in [0.25, 0.3) is 0 Å². The molecule has 52 heavy (non-hydrogen) atoms. The predicted molar refractivity (Wildman–Crippen MR) is 221 cm³/mol. The van der Waals surface area contributed by atoms with E-state index in [0.29, 0.717) is 11.2 Å². The van der Waals surface area contributed by atoms with E-state index in [4.69, 9.17) is 35.0 Å². The zero-order chi connectivity index (χ0) is 38.8. The van der Waals surface area contributed by atoms with Crippen molar-refractivity contribution in [1.29, 1.82) is 0 Å². The highest BCUT2D eigenvalue weighted by Crippen LogP contribution is 2.49. The number of aromatic nitrogens is 2. The van der Waals surface area contributed by atoms with Gasteiger partial charge in [0, 0.05) is 28.8 Å². The van der Waals surface area contributed by atoms with E-state index in [9.17, 15) is 4.79 Å². The van der Waals surface area contributed by atoms with Crippen molar-refractivity contribution in [2.45, 2.75) is 147 Å². The van der Waals surface area contributed by atoms with Gasteiger partial charge < -0.3 is 22.8 Å². The van der Waals surface area contributed by atoms with Crippen LogP contribution in [0.2, 0.25) is 54.4 Å². The Kier molecular flexibility index (Phi) is 11.2. The van der Waals surface area contributed by atoms with E-state index in [0.717, 1.165) is 28.2 Å². The lowest BCUT2D eigenvalue weighted by Gasteiger charge is -2.44. The van der Waals surface area contributed by atoms with E-state index in [1.165, 1.54) is 0 Å².